The van der Waals surface area contributed by atoms with Crippen molar-refractivity contribution in [3.63, 3.8) is 0 Å². The summed E-state index contributed by atoms with van der Waals surface area (Å²) < 4.78 is 32.4. The Kier molecular flexibility index (Phi) is 4.06. The zero-order chi connectivity index (χ0) is 11.9. The second-order valence-electron chi connectivity index (χ2n) is 3.27. The molecule has 0 spiro atoms. The molecule has 0 aliphatic rings. The van der Waals surface area contributed by atoms with E-state index in [2.05, 4.69) is 0 Å². The van der Waals surface area contributed by atoms with E-state index in [9.17, 15) is 23.2 Å². The third-order valence-corrected chi connectivity index (χ3v) is 3.08. The average Bonchev–Trinajstić information content (AvgIpc) is 2.15. The second-order valence-corrected chi connectivity index (χ2v) is 4.62. The Hall–Kier alpha value is -0.790. The monoisotopic (exact) mass is 262 g/mol. The summed E-state index contributed by atoms with van der Waals surface area (Å²) in [4.78, 5) is -0.661. The van der Waals surface area contributed by atoms with Crippen LogP contribution in [0.25, 0.3) is 10.8 Å². The van der Waals surface area contributed by atoms with Crippen molar-refractivity contribution in [3.05, 3.63) is 30.3 Å². The van der Waals surface area contributed by atoms with Gasteiger partial charge in [0.25, 0.3) is 0 Å². The molecule has 0 atom stereocenters. The molecule has 0 bridgehead atoms. The number of fused-ring (bicyclic) bond motifs is 1. The van der Waals surface area contributed by atoms with E-state index in [0.717, 1.165) is 6.07 Å². The van der Waals surface area contributed by atoms with Crippen LogP contribution < -0.4 is 29.6 Å². The summed E-state index contributed by atoms with van der Waals surface area (Å²) >= 11 is 0. The Morgan fingerprint density at radius 2 is 1.71 bits per heavy atom. The fraction of sp³-hybridized carbons (Fsp3) is 0. The van der Waals surface area contributed by atoms with E-state index in [1.165, 1.54) is 24.3 Å². The first-order valence-corrected chi connectivity index (χ1v) is 5.71. The van der Waals surface area contributed by atoms with E-state index in [1.54, 1.807) is 0 Å². The van der Waals surface area contributed by atoms with Gasteiger partial charge in [-0.25, -0.2) is 8.42 Å². The SMILES string of the molecule is O=S(=O)([O-])c1ccc2cc(O)ccc2c1O.[Na+]. The number of phenolic OH excluding ortho intramolecular Hbond substituents is 2. The first-order chi connectivity index (χ1) is 7.39. The molecule has 2 rings (SSSR count). The van der Waals surface area contributed by atoms with Crippen molar-refractivity contribution in [1.82, 2.24) is 0 Å². The van der Waals surface area contributed by atoms with Crippen molar-refractivity contribution in [2.24, 2.45) is 0 Å². The van der Waals surface area contributed by atoms with Gasteiger partial charge in [0.2, 0.25) is 0 Å². The van der Waals surface area contributed by atoms with E-state index in [4.69, 9.17) is 0 Å². The van der Waals surface area contributed by atoms with Crippen LogP contribution in [0.1, 0.15) is 0 Å². The molecule has 2 aromatic carbocycles. The summed E-state index contributed by atoms with van der Waals surface area (Å²) in [7, 11) is -4.70. The van der Waals surface area contributed by atoms with E-state index < -0.39 is 20.8 Å². The fourth-order valence-electron chi connectivity index (χ4n) is 1.48. The molecule has 0 saturated heterocycles. The number of aromatic hydroxyl groups is 2. The van der Waals surface area contributed by atoms with E-state index in [-0.39, 0.29) is 40.7 Å². The number of benzene rings is 2. The zero-order valence-electron chi connectivity index (χ0n) is 8.91. The van der Waals surface area contributed by atoms with Gasteiger partial charge in [0.1, 0.15) is 21.6 Å². The molecule has 0 amide bonds. The van der Waals surface area contributed by atoms with Crippen LogP contribution in [0.4, 0.5) is 0 Å². The number of hydrogen-bond donors (Lipinski definition) is 2. The first-order valence-electron chi connectivity index (χ1n) is 4.30. The molecule has 0 unspecified atom stereocenters. The largest absolute Gasteiger partial charge is 1.00 e. The molecule has 2 aromatic rings. The predicted octanol–water partition coefficient (Wildman–Crippen LogP) is -1.84. The van der Waals surface area contributed by atoms with Crippen LogP contribution in [-0.2, 0) is 10.1 Å². The molecule has 0 radical (unpaired) electrons. The zero-order valence-corrected chi connectivity index (χ0v) is 11.7. The minimum absolute atomic E-state index is 0. The van der Waals surface area contributed by atoms with Crippen molar-refractivity contribution in [2.45, 2.75) is 4.90 Å². The summed E-state index contributed by atoms with van der Waals surface area (Å²) in [5.74, 6) is -0.600. The number of phenols is 2. The van der Waals surface area contributed by atoms with Crippen molar-refractivity contribution in [2.75, 3.05) is 0 Å². The molecule has 7 heteroatoms. The van der Waals surface area contributed by atoms with E-state index >= 15 is 0 Å². The van der Waals surface area contributed by atoms with Crippen molar-refractivity contribution >= 4 is 20.9 Å². The van der Waals surface area contributed by atoms with Gasteiger partial charge in [-0.3, -0.25) is 0 Å². The maximum Gasteiger partial charge on any atom is 1.00 e. The van der Waals surface area contributed by atoms with Gasteiger partial charge >= 0.3 is 29.6 Å². The molecule has 5 nitrogen and oxygen atoms in total. The van der Waals surface area contributed by atoms with E-state index in [1.807, 2.05) is 0 Å². The molecule has 0 aromatic heterocycles. The summed E-state index contributed by atoms with van der Waals surface area (Å²) in [6, 6.07) is 6.35. The Morgan fingerprint density at radius 3 is 2.29 bits per heavy atom. The van der Waals surface area contributed by atoms with Gasteiger partial charge in [0, 0.05) is 5.39 Å². The summed E-state index contributed by atoms with van der Waals surface area (Å²) in [6.45, 7) is 0. The third-order valence-electron chi connectivity index (χ3n) is 2.21. The Bertz CT molecular complexity index is 666. The molecular formula is C10H7NaO5S. The Balaban J connectivity index is 0.00000144. The van der Waals surface area contributed by atoms with Crippen LogP contribution in [0, 0.1) is 0 Å². The Morgan fingerprint density at radius 1 is 1.06 bits per heavy atom. The van der Waals surface area contributed by atoms with Gasteiger partial charge in [-0.2, -0.15) is 0 Å². The second kappa shape index (κ2) is 4.83. The van der Waals surface area contributed by atoms with Crippen LogP contribution in [-0.4, -0.2) is 23.2 Å². The van der Waals surface area contributed by atoms with Crippen LogP contribution in [0.15, 0.2) is 35.2 Å². The third kappa shape index (κ3) is 2.72. The molecule has 17 heavy (non-hydrogen) atoms. The molecule has 0 aliphatic carbocycles. The Labute approximate surface area is 120 Å². The van der Waals surface area contributed by atoms with Gasteiger partial charge in [-0.1, -0.05) is 6.07 Å². The normalized spacial score (nSPS) is 11.1. The van der Waals surface area contributed by atoms with Crippen LogP contribution >= 0.6 is 0 Å². The maximum atomic E-state index is 10.8. The van der Waals surface area contributed by atoms with Crippen LogP contribution in [0.5, 0.6) is 11.5 Å². The molecule has 0 fully saturated rings. The molecule has 2 N–H and O–H groups in total. The van der Waals surface area contributed by atoms with Crippen LogP contribution in [0.3, 0.4) is 0 Å². The minimum Gasteiger partial charge on any atom is -0.744 e. The molecule has 0 heterocycles. The van der Waals surface area contributed by atoms with Gasteiger partial charge in [0.15, 0.2) is 0 Å². The van der Waals surface area contributed by atoms with Gasteiger partial charge in [-0.05, 0) is 29.7 Å². The van der Waals surface area contributed by atoms with Crippen molar-refractivity contribution in [1.29, 1.82) is 0 Å². The molecule has 0 saturated carbocycles. The topological polar surface area (TPSA) is 97.7 Å². The summed E-state index contributed by atoms with van der Waals surface area (Å²) in [5, 5.41) is 19.5. The number of rotatable bonds is 1. The number of hydrogen-bond acceptors (Lipinski definition) is 5. The smallest absolute Gasteiger partial charge is 0.744 e. The molecular weight excluding hydrogens is 255 g/mol. The van der Waals surface area contributed by atoms with Gasteiger partial charge in [0.05, 0.1) is 4.90 Å². The fourth-order valence-corrected chi connectivity index (χ4v) is 2.06. The van der Waals surface area contributed by atoms with Crippen LogP contribution in [0.2, 0.25) is 0 Å². The van der Waals surface area contributed by atoms with Gasteiger partial charge in [-0.15, -0.1) is 0 Å². The van der Waals surface area contributed by atoms with E-state index in [0.29, 0.717) is 5.39 Å². The molecule has 0 aliphatic heterocycles. The first kappa shape index (κ1) is 14.3. The standard InChI is InChI=1S/C10H8O5S.Na/c11-7-2-3-8-6(5-7)1-4-9(10(8)12)16(13,14)15;/h1-5,11-12H,(H,13,14,15);/q;+1/p-1. The quantitative estimate of drug-likeness (QED) is 0.465. The van der Waals surface area contributed by atoms with Gasteiger partial charge < -0.3 is 14.8 Å². The summed E-state index contributed by atoms with van der Waals surface area (Å²) in [6.07, 6.45) is 0. The molecule has 84 valence electrons. The predicted molar refractivity (Wildman–Crippen MR) is 55.2 cm³/mol. The van der Waals surface area contributed by atoms with Crippen molar-refractivity contribution < 1.29 is 52.7 Å². The summed E-state index contributed by atoms with van der Waals surface area (Å²) in [5.41, 5.74) is 0. The maximum absolute atomic E-state index is 10.8. The average molecular weight is 262 g/mol. The minimum atomic E-state index is -4.70. The van der Waals surface area contributed by atoms with Crippen molar-refractivity contribution in [3.8, 4) is 11.5 Å².